The molecule has 0 saturated heterocycles. The van der Waals surface area contributed by atoms with Gasteiger partial charge in [-0.05, 0) is 37.1 Å². The molecule has 9 heteroatoms. The number of nitrogens with two attached hydrogens (primary N) is 1. The summed E-state index contributed by atoms with van der Waals surface area (Å²) in [5.74, 6) is 0.234. The maximum Gasteiger partial charge on any atom is 0.231 e. The predicted octanol–water partition coefficient (Wildman–Crippen LogP) is 3.30. The Bertz CT molecular complexity index is 1210. The van der Waals surface area contributed by atoms with E-state index in [4.69, 9.17) is 5.73 Å². The number of H-pyrrole nitrogens is 2. The minimum Gasteiger partial charge on any atom is -0.369 e. The molecule has 0 aliphatic heterocycles. The van der Waals surface area contributed by atoms with Crippen LogP contribution in [0.25, 0.3) is 22.1 Å². The molecule has 2 atom stereocenters. The van der Waals surface area contributed by atoms with Crippen LogP contribution in [-0.2, 0) is 4.79 Å². The van der Waals surface area contributed by atoms with Crippen LogP contribution in [0.3, 0.4) is 0 Å². The third-order valence-electron chi connectivity index (χ3n) is 5.08. The predicted molar refractivity (Wildman–Crippen MR) is 118 cm³/mol. The fourth-order valence-electron chi connectivity index (χ4n) is 3.47. The van der Waals surface area contributed by atoms with Gasteiger partial charge >= 0.3 is 0 Å². The Balaban J connectivity index is 1.59. The van der Waals surface area contributed by atoms with Gasteiger partial charge in [0, 0.05) is 29.3 Å². The zero-order valence-electron chi connectivity index (χ0n) is 16.8. The van der Waals surface area contributed by atoms with Crippen molar-refractivity contribution in [2.45, 2.75) is 13.8 Å². The van der Waals surface area contributed by atoms with E-state index in [9.17, 15) is 4.79 Å². The van der Waals surface area contributed by atoms with E-state index in [-0.39, 0.29) is 17.7 Å². The monoisotopic (exact) mass is 404 g/mol. The first-order chi connectivity index (χ1) is 14.5. The summed E-state index contributed by atoms with van der Waals surface area (Å²) in [6.45, 7) is 4.23. The van der Waals surface area contributed by atoms with Crippen LogP contribution in [0.15, 0.2) is 48.9 Å². The van der Waals surface area contributed by atoms with Crippen molar-refractivity contribution in [1.29, 1.82) is 0 Å². The minimum atomic E-state index is -0.374. The van der Waals surface area contributed by atoms with Crippen LogP contribution in [0.4, 0.5) is 17.5 Å². The minimum absolute atomic E-state index is 0.00442. The summed E-state index contributed by atoms with van der Waals surface area (Å²) < 4.78 is 0. The van der Waals surface area contributed by atoms with Gasteiger partial charge in [0.15, 0.2) is 11.5 Å². The highest BCUT2D eigenvalue weighted by atomic mass is 16.1. The molecule has 6 N–H and O–H groups in total. The van der Waals surface area contributed by atoms with Crippen LogP contribution >= 0.6 is 0 Å². The lowest BCUT2D eigenvalue weighted by molar-refractivity contribution is -0.122. The van der Waals surface area contributed by atoms with Crippen LogP contribution in [0.1, 0.15) is 13.8 Å². The smallest absolute Gasteiger partial charge is 0.231 e. The van der Waals surface area contributed by atoms with Gasteiger partial charge in [-0.2, -0.15) is 9.97 Å². The number of primary amides is 1. The number of anilines is 3. The van der Waals surface area contributed by atoms with Gasteiger partial charge in [-0.15, -0.1) is 0 Å². The lowest BCUT2D eigenvalue weighted by Gasteiger charge is -2.19. The number of allylic oxidation sites excluding steroid dienone is 2. The Labute approximate surface area is 173 Å². The second-order valence-corrected chi connectivity index (χ2v) is 7.18. The van der Waals surface area contributed by atoms with Gasteiger partial charge in [0.25, 0.3) is 0 Å². The van der Waals surface area contributed by atoms with E-state index < -0.39 is 0 Å². The van der Waals surface area contributed by atoms with E-state index in [2.05, 4.69) is 35.6 Å². The Kier molecular flexibility index (Phi) is 5.34. The van der Waals surface area contributed by atoms with Crippen molar-refractivity contribution >= 4 is 45.4 Å². The van der Waals surface area contributed by atoms with Gasteiger partial charge < -0.3 is 26.3 Å². The normalized spacial score (nSPS) is 13.7. The molecule has 0 bridgehead atoms. The van der Waals surface area contributed by atoms with E-state index in [1.54, 1.807) is 6.33 Å². The molecule has 154 valence electrons. The molecule has 30 heavy (non-hydrogen) atoms. The van der Waals surface area contributed by atoms with E-state index >= 15 is 0 Å². The summed E-state index contributed by atoms with van der Waals surface area (Å²) >= 11 is 0. The maximum atomic E-state index is 11.9. The molecule has 0 spiro atoms. The number of aromatic nitrogens is 5. The number of carbonyl (C=O) groups is 1. The van der Waals surface area contributed by atoms with E-state index in [1.165, 1.54) is 0 Å². The molecule has 0 saturated carbocycles. The van der Waals surface area contributed by atoms with Crippen molar-refractivity contribution < 1.29 is 4.79 Å². The number of rotatable bonds is 8. The van der Waals surface area contributed by atoms with Crippen molar-refractivity contribution in [3.63, 3.8) is 0 Å². The average Bonchev–Trinajstić information content (AvgIpc) is 3.36. The Morgan fingerprint density at radius 1 is 1.27 bits per heavy atom. The first-order valence-electron chi connectivity index (χ1n) is 9.76. The van der Waals surface area contributed by atoms with Gasteiger partial charge in [0.1, 0.15) is 5.52 Å². The first kappa shape index (κ1) is 19.4. The van der Waals surface area contributed by atoms with Crippen LogP contribution < -0.4 is 16.4 Å². The summed E-state index contributed by atoms with van der Waals surface area (Å²) in [5.41, 5.74) is 8.72. The number of hydrogen-bond donors (Lipinski definition) is 5. The molecule has 0 aliphatic carbocycles. The zero-order chi connectivity index (χ0) is 21.1. The summed E-state index contributed by atoms with van der Waals surface area (Å²) in [4.78, 5) is 31.5. The number of benzene rings is 1. The third-order valence-corrected chi connectivity index (χ3v) is 5.08. The highest BCUT2D eigenvalue weighted by Crippen LogP contribution is 2.24. The number of nitrogens with one attached hydrogen (secondary N) is 4. The maximum absolute atomic E-state index is 11.9. The summed E-state index contributed by atoms with van der Waals surface area (Å²) in [6, 6.07) is 7.95. The van der Waals surface area contributed by atoms with Crippen molar-refractivity contribution in [2.24, 2.45) is 17.6 Å². The molecule has 4 aromatic rings. The van der Waals surface area contributed by atoms with E-state index in [1.807, 2.05) is 56.5 Å². The average molecular weight is 404 g/mol. The number of carbonyl (C=O) groups excluding carboxylic acids is 1. The Morgan fingerprint density at radius 3 is 2.93 bits per heavy atom. The van der Waals surface area contributed by atoms with Crippen molar-refractivity contribution in [3.8, 4) is 0 Å². The van der Waals surface area contributed by atoms with Crippen LogP contribution in [0.2, 0.25) is 0 Å². The molecule has 3 heterocycles. The van der Waals surface area contributed by atoms with Crippen molar-refractivity contribution in [2.75, 3.05) is 17.2 Å². The second kappa shape index (κ2) is 8.24. The fraction of sp³-hybridized carbons (Fsp3) is 0.238. The van der Waals surface area contributed by atoms with Gasteiger partial charge in [0.2, 0.25) is 11.9 Å². The van der Waals surface area contributed by atoms with Crippen molar-refractivity contribution in [3.05, 3.63) is 48.9 Å². The van der Waals surface area contributed by atoms with Crippen LogP contribution in [0.5, 0.6) is 0 Å². The largest absolute Gasteiger partial charge is 0.369 e. The number of imidazole rings is 1. The summed E-state index contributed by atoms with van der Waals surface area (Å²) in [7, 11) is 0. The summed E-state index contributed by atoms with van der Waals surface area (Å²) in [6.07, 6.45) is 7.34. The number of amides is 1. The quantitative estimate of drug-likeness (QED) is 0.286. The van der Waals surface area contributed by atoms with Crippen LogP contribution in [-0.4, -0.2) is 37.4 Å². The number of nitrogens with zero attached hydrogens (tertiary/aromatic N) is 3. The molecule has 9 nitrogen and oxygen atoms in total. The number of hydrogen-bond acceptors (Lipinski definition) is 6. The third kappa shape index (κ3) is 3.95. The molecule has 1 aromatic carbocycles. The Hall–Kier alpha value is -3.88. The fourth-order valence-corrected chi connectivity index (χ4v) is 3.47. The molecule has 0 unspecified atom stereocenters. The van der Waals surface area contributed by atoms with Crippen molar-refractivity contribution in [1.82, 2.24) is 24.9 Å². The highest BCUT2D eigenvalue weighted by molar-refractivity contribution is 5.86. The van der Waals surface area contributed by atoms with Gasteiger partial charge in [-0.3, -0.25) is 4.79 Å². The standard InChI is InChI=1S/C21H24N8O/c1-3-4-12(2)15(18(22)30)10-24-19-17-20(26-11-25-17)29-21(28-19)27-14-5-6-16-13(9-14)7-8-23-16/h3-9,11-12,15,23H,10H2,1-2H3,(H2,22,30)(H3,24,25,26,27,28,29)/b4-3-/t12-,15+/m0/s1. The molecule has 1 amide bonds. The second-order valence-electron chi connectivity index (χ2n) is 7.18. The van der Waals surface area contributed by atoms with Gasteiger partial charge in [0.05, 0.1) is 12.2 Å². The molecule has 3 aromatic heterocycles. The number of fused-ring (bicyclic) bond motifs is 2. The molecule has 0 radical (unpaired) electrons. The van der Waals surface area contributed by atoms with E-state index in [0.29, 0.717) is 29.5 Å². The number of aromatic amines is 2. The molecule has 0 fully saturated rings. The summed E-state index contributed by atoms with van der Waals surface area (Å²) in [5, 5.41) is 7.56. The molecular weight excluding hydrogens is 380 g/mol. The Morgan fingerprint density at radius 2 is 2.13 bits per heavy atom. The van der Waals surface area contributed by atoms with Gasteiger partial charge in [-0.1, -0.05) is 19.1 Å². The lowest BCUT2D eigenvalue weighted by Crippen LogP contribution is -2.33. The first-order valence-corrected chi connectivity index (χ1v) is 9.76. The molecular formula is C21H24N8O. The zero-order valence-corrected chi connectivity index (χ0v) is 16.8. The van der Waals surface area contributed by atoms with E-state index in [0.717, 1.165) is 16.6 Å². The van der Waals surface area contributed by atoms with Crippen LogP contribution in [0, 0.1) is 11.8 Å². The molecule has 4 rings (SSSR count). The topological polar surface area (TPSA) is 137 Å². The van der Waals surface area contributed by atoms with Gasteiger partial charge in [-0.25, -0.2) is 4.98 Å². The molecule has 0 aliphatic rings. The lowest BCUT2D eigenvalue weighted by atomic mass is 9.93. The SMILES string of the molecule is C/C=C\[C@H](C)[C@@H](CNc1nc(Nc2ccc3[nH]ccc3c2)nc2nc[nH]c12)C(N)=O. The highest BCUT2D eigenvalue weighted by Gasteiger charge is 2.22.